The average Bonchev–Trinajstić information content (AvgIpc) is 2.50. The maximum absolute atomic E-state index is 12.2. The van der Waals surface area contributed by atoms with Crippen molar-refractivity contribution in [3.05, 3.63) is 29.8 Å². The average molecular weight is 314 g/mol. The topological polar surface area (TPSA) is 89.7 Å². The van der Waals surface area contributed by atoms with E-state index in [0.29, 0.717) is 24.5 Å². The maximum atomic E-state index is 12.2. The van der Waals surface area contributed by atoms with Crippen molar-refractivity contribution in [2.45, 2.75) is 17.9 Å². The number of benzene rings is 1. The minimum absolute atomic E-state index is 0.00659. The van der Waals surface area contributed by atoms with Gasteiger partial charge in [-0.05, 0) is 24.7 Å². The molecule has 0 amide bonds. The molecule has 0 aliphatic carbocycles. The van der Waals surface area contributed by atoms with Gasteiger partial charge in [0.1, 0.15) is 0 Å². The van der Waals surface area contributed by atoms with Crippen molar-refractivity contribution in [1.29, 1.82) is 0 Å². The van der Waals surface area contributed by atoms with Crippen molar-refractivity contribution < 1.29 is 17.9 Å². The molecular formula is C14H22N2O4S. The number of ether oxygens (including phenoxy) is 1. The van der Waals surface area contributed by atoms with Crippen molar-refractivity contribution in [3.63, 3.8) is 0 Å². The van der Waals surface area contributed by atoms with Crippen LogP contribution < -0.4 is 5.73 Å². The van der Waals surface area contributed by atoms with Gasteiger partial charge in [0.2, 0.25) is 0 Å². The number of hydrogen-bond donors (Lipinski definition) is 1. The number of nitrogens with two attached hydrogens (primary N) is 1. The van der Waals surface area contributed by atoms with Gasteiger partial charge in [-0.2, -0.15) is 0 Å². The molecule has 6 nitrogen and oxygen atoms in total. The highest BCUT2D eigenvalue weighted by Crippen LogP contribution is 2.12. The van der Waals surface area contributed by atoms with Crippen LogP contribution in [0.25, 0.3) is 0 Å². The van der Waals surface area contributed by atoms with E-state index >= 15 is 0 Å². The fourth-order valence-electron chi connectivity index (χ4n) is 1.72. The molecule has 0 saturated heterocycles. The molecule has 1 rings (SSSR count). The van der Waals surface area contributed by atoms with Gasteiger partial charge in [0.15, 0.2) is 9.84 Å². The molecule has 0 saturated carbocycles. The Morgan fingerprint density at radius 1 is 1.24 bits per heavy atom. The van der Waals surface area contributed by atoms with Gasteiger partial charge in [-0.25, -0.2) is 8.42 Å². The molecule has 0 atom stereocenters. The summed E-state index contributed by atoms with van der Waals surface area (Å²) in [6.07, 6.45) is 0.248. The van der Waals surface area contributed by atoms with E-state index in [1.165, 1.54) is 7.11 Å². The first-order valence-corrected chi connectivity index (χ1v) is 8.31. The third-order valence-electron chi connectivity index (χ3n) is 3.19. The standard InChI is InChI=1S/C14H22N2O4S/c1-16(8-7-14(17)20-2)9-10-21(18,19)13-5-3-12(11-15)4-6-13/h3-6H,7-11,15H2,1-2H3. The number of hydrogen-bond acceptors (Lipinski definition) is 6. The van der Waals surface area contributed by atoms with Crippen molar-refractivity contribution >= 4 is 15.8 Å². The zero-order valence-electron chi connectivity index (χ0n) is 12.4. The molecule has 1 aromatic carbocycles. The lowest BCUT2D eigenvalue weighted by Gasteiger charge is -2.15. The van der Waals surface area contributed by atoms with Crippen molar-refractivity contribution in [1.82, 2.24) is 4.90 Å². The monoisotopic (exact) mass is 314 g/mol. The van der Waals surface area contributed by atoms with Crippen LogP contribution in [0.5, 0.6) is 0 Å². The Bertz CT molecular complexity index is 555. The Morgan fingerprint density at radius 3 is 2.38 bits per heavy atom. The van der Waals surface area contributed by atoms with Gasteiger partial charge in [0, 0.05) is 19.6 Å². The maximum Gasteiger partial charge on any atom is 0.306 e. The van der Waals surface area contributed by atoms with Crippen LogP contribution in [0.4, 0.5) is 0 Å². The summed E-state index contributed by atoms with van der Waals surface area (Å²) in [4.78, 5) is 13.1. The smallest absolute Gasteiger partial charge is 0.306 e. The molecule has 118 valence electrons. The molecule has 0 aliphatic rings. The lowest BCUT2D eigenvalue weighted by molar-refractivity contribution is -0.140. The van der Waals surface area contributed by atoms with Crippen LogP contribution in [0.1, 0.15) is 12.0 Å². The Hall–Kier alpha value is -1.44. The Labute approximate surface area is 125 Å². The molecule has 7 heteroatoms. The van der Waals surface area contributed by atoms with Crippen LogP contribution in [0.2, 0.25) is 0 Å². The van der Waals surface area contributed by atoms with Gasteiger partial charge in [0.25, 0.3) is 0 Å². The Balaban J connectivity index is 2.53. The molecule has 0 radical (unpaired) electrons. The Kier molecular flexibility index (Phi) is 6.80. The van der Waals surface area contributed by atoms with E-state index in [1.807, 2.05) is 0 Å². The van der Waals surface area contributed by atoms with Crippen LogP contribution in [0, 0.1) is 0 Å². The summed E-state index contributed by atoms with van der Waals surface area (Å²) in [5.41, 5.74) is 6.38. The van der Waals surface area contributed by atoms with E-state index in [9.17, 15) is 13.2 Å². The Morgan fingerprint density at radius 2 is 1.86 bits per heavy atom. The first kappa shape index (κ1) is 17.6. The lowest BCUT2D eigenvalue weighted by Crippen LogP contribution is -2.28. The predicted molar refractivity (Wildman–Crippen MR) is 80.5 cm³/mol. The number of nitrogens with zero attached hydrogens (tertiary/aromatic N) is 1. The van der Waals surface area contributed by atoms with Gasteiger partial charge in [-0.15, -0.1) is 0 Å². The quantitative estimate of drug-likeness (QED) is 0.699. The van der Waals surface area contributed by atoms with Gasteiger partial charge in [-0.3, -0.25) is 4.79 Å². The van der Waals surface area contributed by atoms with Gasteiger partial charge < -0.3 is 15.4 Å². The second-order valence-corrected chi connectivity index (χ2v) is 6.91. The van der Waals surface area contributed by atoms with Crippen LogP contribution in [-0.2, 0) is 25.9 Å². The summed E-state index contributed by atoms with van der Waals surface area (Å²) < 4.78 is 28.9. The van der Waals surface area contributed by atoms with Crippen molar-refractivity contribution in [2.24, 2.45) is 5.73 Å². The summed E-state index contributed by atoms with van der Waals surface area (Å²) in [7, 11) is -0.218. The van der Waals surface area contributed by atoms with E-state index < -0.39 is 9.84 Å². The third kappa shape index (κ3) is 5.82. The molecule has 0 aliphatic heterocycles. The first-order valence-electron chi connectivity index (χ1n) is 6.66. The lowest BCUT2D eigenvalue weighted by atomic mass is 10.2. The number of methoxy groups -OCH3 is 1. The summed E-state index contributed by atoms with van der Waals surface area (Å²) in [5.74, 6) is -0.297. The van der Waals surface area contributed by atoms with Crippen molar-refractivity contribution in [3.8, 4) is 0 Å². The second-order valence-electron chi connectivity index (χ2n) is 4.80. The molecule has 0 fully saturated rings. The molecule has 2 N–H and O–H groups in total. The van der Waals surface area contributed by atoms with E-state index in [4.69, 9.17) is 5.73 Å². The largest absolute Gasteiger partial charge is 0.469 e. The molecule has 21 heavy (non-hydrogen) atoms. The molecule has 0 heterocycles. The third-order valence-corrected chi connectivity index (χ3v) is 4.90. The summed E-state index contributed by atoms with van der Waals surface area (Å²) >= 11 is 0. The zero-order chi connectivity index (χ0) is 15.9. The highest BCUT2D eigenvalue weighted by molar-refractivity contribution is 7.91. The van der Waals surface area contributed by atoms with Crippen LogP contribution >= 0.6 is 0 Å². The SMILES string of the molecule is COC(=O)CCN(C)CCS(=O)(=O)c1ccc(CN)cc1. The van der Waals surface area contributed by atoms with Gasteiger partial charge in [-0.1, -0.05) is 12.1 Å². The van der Waals surface area contributed by atoms with E-state index in [0.717, 1.165) is 5.56 Å². The van der Waals surface area contributed by atoms with Crippen molar-refractivity contribution in [2.75, 3.05) is 33.0 Å². The number of esters is 1. The first-order chi connectivity index (χ1) is 9.89. The fourth-order valence-corrected chi connectivity index (χ4v) is 3.06. The van der Waals surface area contributed by atoms with E-state index in [2.05, 4.69) is 4.74 Å². The number of sulfone groups is 1. The highest BCUT2D eigenvalue weighted by Gasteiger charge is 2.15. The van der Waals surface area contributed by atoms with Gasteiger partial charge in [0.05, 0.1) is 24.2 Å². The minimum atomic E-state index is -3.32. The summed E-state index contributed by atoms with van der Waals surface area (Å²) in [6.45, 7) is 1.21. The summed E-state index contributed by atoms with van der Waals surface area (Å²) in [5, 5.41) is 0. The van der Waals surface area contributed by atoms with Crippen LogP contribution in [0.3, 0.4) is 0 Å². The number of carbonyl (C=O) groups is 1. The highest BCUT2D eigenvalue weighted by atomic mass is 32.2. The number of rotatable bonds is 8. The molecule has 0 aromatic heterocycles. The molecule has 0 spiro atoms. The fraction of sp³-hybridized carbons (Fsp3) is 0.500. The summed E-state index contributed by atoms with van der Waals surface area (Å²) in [6, 6.07) is 6.58. The molecular weight excluding hydrogens is 292 g/mol. The second kappa shape index (κ2) is 8.11. The van der Waals surface area contributed by atoms with Crippen LogP contribution in [-0.4, -0.2) is 52.3 Å². The molecule has 0 unspecified atom stereocenters. The molecule has 0 bridgehead atoms. The van der Waals surface area contributed by atoms with E-state index in [1.54, 1.807) is 36.2 Å². The molecule has 1 aromatic rings. The minimum Gasteiger partial charge on any atom is -0.469 e. The predicted octanol–water partition coefficient (Wildman–Crippen LogP) is 0.414. The number of carbonyl (C=O) groups excluding carboxylic acids is 1. The normalized spacial score (nSPS) is 11.6. The van der Waals surface area contributed by atoms with Gasteiger partial charge >= 0.3 is 5.97 Å². The van der Waals surface area contributed by atoms with Crippen LogP contribution in [0.15, 0.2) is 29.2 Å². The van der Waals surface area contributed by atoms with E-state index in [-0.39, 0.29) is 18.1 Å². The zero-order valence-corrected chi connectivity index (χ0v) is 13.2.